The van der Waals surface area contributed by atoms with Crippen LogP contribution in [0.4, 0.5) is 11.4 Å². The first kappa shape index (κ1) is 22.5. The molecule has 2 aromatic carbocycles. The van der Waals surface area contributed by atoms with Crippen LogP contribution in [0.2, 0.25) is 0 Å². The van der Waals surface area contributed by atoms with Crippen molar-refractivity contribution in [2.24, 2.45) is 5.92 Å². The Morgan fingerprint density at radius 2 is 1.76 bits per heavy atom. The Labute approximate surface area is 195 Å². The van der Waals surface area contributed by atoms with Crippen LogP contribution in [-0.2, 0) is 17.8 Å². The molecule has 2 heterocycles. The Hall–Kier alpha value is -3.67. The van der Waals surface area contributed by atoms with Gasteiger partial charge in [0, 0.05) is 50.3 Å². The molecule has 0 saturated carbocycles. The van der Waals surface area contributed by atoms with E-state index in [2.05, 4.69) is 50.8 Å². The van der Waals surface area contributed by atoms with Crippen LogP contribution < -0.4 is 15.5 Å². The average molecular weight is 443 g/mol. The Morgan fingerprint density at radius 3 is 2.45 bits per heavy atom. The molecule has 6 nitrogen and oxygen atoms in total. The van der Waals surface area contributed by atoms with Crippen LogP contribution in [0.15, 0.2) is 73.1 Å². The molecule has 1 aromatic heterocycles. The largest absolute Gasteiger partial charge is 0.371 e. The molecule has 2 amide bonds. The topological polar surface area (TPSA) is 74.3 Å². The normalized spacial score (nSPS) is 14.0. The van der Waals surface area contributed by atoms with Gasteiger partial charge in [-0.1, -0.05) is 36.4 Å². The van der Waals surface area contributed by atoms with Gasteiger partial charge in [0.2, 0.25) is 5.91 Å². The number of benzene rings is 2. The van der Waals surface area contributed by atoms with Crippen molar-refractivity contribution < 1.29 is 9.59 Å². The van der Waals surface area contributed by atoms with Gasteiger partial charge >= 0.3 is 0 Å². The van der Waals surface area contributed by atoms with E-state index in [1.807, 2.05) is 24.3 Å². The number of nitrogens with one attached hydrogen (secondary N) is 2. The van der Waals surface area contributed by atoms with Gasteiger partial charge in [0.05, 0.1) is 5.56 Å². The maximum Gasteiger partial charge on any atom is 0.253 e. The Bertz CT molecular complexity index is 1080. The van der Waals surface area contributed by atoms with Crippen molar-refractivity contribution in [3.8, 4) is 0 Å². The Morgan fingerprint density at radius 1 is 1.00 bits per heavy atom. The maximum absolute atomic E-state index is 13.2. The van der Waals surface area contributed by atoms with Crippen LogP contribution >= 0.6 is 0 Å². The van der Waals surface area contributed by atoms with Gasteiger partial charge in [-0.2, -0.15) is 0 Å². The summed E-state index contributed by atoms with van der Waals surface area (Å²) in [5, 5.41) is 5.79. The molecular formula is C27H30N4O2. The molecule has 1 aliphatic heterocycles. The number of piperidine rings is 1. The first-order chi connectivity index (χ1) is 16.1. The number of pyridine rings is 1. The molecule has 3 aromatic rings. The van der Waals surface area contributed by atoms with Crippen molar-refractivity contribution in [1.82, 2.24) is 10.3 Å². The minimum atomic E-state index is -0.161. The van der Waals surface area contributed by atoms with Gasteiger partial charge in [-0.25, -0.2) is 0 Å². The van der Waals surface area contributed by atoms with Crippen molar-refractivity contribution in [1.29, 1.82) is 0 Å². The lowest BCUT2D eigenvalue weighted by molar-refractivity contribution is -0.114. The van der Waals surface area contributed by atoms with Gasteiger partial charge in [-0.15, -0.1) is 0 Å². The highest BCUT2D eigenvalue weighted by Gasteiger charge is 2.23. The molecule has 33 heavy (non-hydrogen) atoms. The first-order valence-electron chi connectivity index (χ1n) is 11.5. The number of hydrogen-bond donors (Lipinski definition) is 2. The monoisotopic (exact) mass is 442 g/mol. The van der Waals surface area contributed by atoms with Gasteiger partial charge in [0.1, 0.15) is 0 Å². The van der Waals surface area contributed by atoms with E-state index in [1.165, 1.54) is 12.5 Å². The van der Waals surface area contributed by atoms with E-state index in [1.54, 1.807) is 18.5 Å². The molecule has 4 rings (SSSR count). The highest BCUT2D eigenvalue weighted by Crippen LogP contribution is 2.30. The SMILES string of the molecule is CC(=O)Nc1ccc(N2CCC(Cc3ccccc3)CC2)c(C(=O)NCc2cccnc2)c1. The van der Waals surface area contributed by atoms with Gasteiger partial charge in [-0.05, 0) is 60.6 Å². The minimum absolute atomic E-state index is 0.160. The second-order valence-electron chi connectivity index (χ2n) is 8.58. The summed E-state index contributed by atoms with van der Waals surface area (Å²) in [4.78, 5) is 31.1. The Kier molecular flexibility index (Phi) is 7.35. The molecular weight excluding hydrogens is 412 g/mol. The van der Waals surface area contributed by atoms with Crippen LogP contribution in [0.5, 0.6) is 0 Å². The zero-order valence-electron chi connectivity index (χ0n) is 19.0. The number of aromatic nitrogens is 1. The molecule has 1 fully saturated rings. The maximum atomic E-state index is 13.2. The number of carbonyl (C=O) groups is 2. The number of amides is 2. The third kappa shape index (κ3) is 6.19. The number of anilines is 2. The van der Waals surface area contributed by atoms with Crippen molar-refractivity contribution >= 4 is 23.2 Å². The van der Waals surface area contributed by atoms with Crippen molar-refractivity contribution in [2.45, 2.75) is 32.7 Å². The van der Waals surface area contributed by atoms with E-state index in [0.29, 0.717) is 23.7 Å². The van der Waals surface area contributed by atoms with Crippen molar-refractivity contribution in [3.05, 3.63) is 89.7 Å². The van der Waals surface area contributed by atoms with E-state index < -0.39 is 0 Å². The molecule has 0 bridgehead atoms. The standard InChI is InChI=1S/C27H30N4O2/c1-20(32)30-24-9-10-26(25(17-24)27(33)29-19-23-8-5-13-28-18-23)31-14-11-22(12-15-31)16-21-6-3-2-4-7-21/h2-10,13,17-18,22H,11-12,14-16,19H2,1H3,(H,29,33)(H,30,32). The fraction of sp³-hybridized carbons (Fsp3) is 0.296. The van der Waals surface area contributed by atoms with E-state index in [4.69, 9.17) is 0 Å². The van der Waals surface area contributed by atoms with Crippen LogP contribution in [0.3, 0.4) is 0 Å². The van der Waals surface area contributed by atoms with Gasteiger partial charge in [-0.3, -0.25) is 14.6 Å². The molecule has 1 saturated heterocycles. The quantitative estimate of drug-likeness (QED) is 0.568. The lowest BCUT2D eigenvalue weighted by Crippen LogP contribution is -2.36. The summed E-state index contributed by atoms with van der Waals surface area (Å²) >= 11 is 0. The third-order valence-electron chi connectivity index (χ3n) is 6.06. The molecule has 0 radical (unpaired) electrons. The fourth-order valence-corrected chi connectivity index (χ4v) is 4.38. The fourth-order valence-electron chi connectivity index (χ4n) is 4.38. The summed E-state index contributed by atoms with van der Waals surface area (Å²) in [6.45, 7) is 3.67. The van der Waals surface area contributed by atoms with Crippen LogP contribution in [0.25, 0.3) is 0 Å². The van der Waals surface area contributed by atoms with Crippen LogP contribution in [0, 0.1) is 5.92 Å². The van der Waals surface area contributed by atoms with Crippen molar-refractivity contribution in [3.63, 3.8) is 0 Å². The molecule has 6 heteroatoms. The number of rotatable bonds is 7. The molecule has 0 aliphatic carbocycles. The second kappa shape index (κ2) is 10.8. The number of nitrogens with zero attached hydrogens (tertiary/aromatic N) is 2. The van der Waals surface area contributed by atoms with Gasteiger partial charge < -0.3 is 15.5 Å². The van der Waals surface area contributed by atoms with Crippen LogP contribution in [-0.4, -0.2) is 29.9 Å². The summed E-state index contributed by atoms with van der Waals surface area (Å²) in [7, 11) is 0. The molecule has 0 atom stereocenters. The zero-order chi connectivity index (χ0) is 23.0. The van der Waals surface area contributed by atoms with E-state index in [9.17, 15) is 9.59 Å². The summed E-state index contributed by atoms with van der Waals surface area (Å²) in [5.41, 5.74) is 4.42. The predicted octanol–water partition coefficient (Wildman–Crippen LogP) is 4.43. The lowest BCUT2D eigenvalue weighted by atomic mass is 9.89. The van der Waals surface area contributed by atoms with E-state index in [0.717, 1.165) is 43.6 Å². The minimum Gasteiger partial charge on any atom is -0.371 e. The number of hydrogen-bond acceptors (Lipinski definition) is 4. The number of carbonyl (C=O) groups excluding carboxylic acids is 2. The highest BCUT2D eigenvalue weighted by molar-refractivity contribution is 6.02. The van der Waals surface area contributed by atoms with E-state index >= 15 is 0 Å². The molecule has 0 unspecified atom stereocenters. The smallest absolute Gasteiger partial charge is 0.253 e. The Balaban J connectivity index is 1.47. The lowest BCUT2D eigenvalue weighted by Gasteiger charge is -2.35. The van der Waals surface area contributed by atoms with E-state index in [-0.39, 0.29) is 11.8 Å². The molecule has 2 N–H and O–H groups in total. The summed E-state index contributed by atoms with van der Waals surface area (Å²) in [5.74, 6) is 0.323. The molecule has 0 spiro atoms. The molecule has 1 aliphatic rings. The van der Waals surface area contributed by atoms with Gasteiger partial charge in [0.15, 0.2) is 0 Å². The van der Waals surface area contributed by atoms with Crippen LogP contribution in [0.1, 0.15) is 41.3 Å². The third-order valence-corrected chi connectivity index (χ3v) is 6.06. The zero-order valence-corrected chi connectivity index (χ0v) is 19.0. The predicted molar refractivity (Wildman–Crippen MR) is 131 cm³/mol. The van der Waals surface area contributed by atoms with Crippen molar-refractivity contribution in [2.75, 3.05) is 23.3 Å². The molecule has 170 valence electrons. The highest BCUT2D eigenvalue weighted by atomic mass is 16.2. The van der Waals surface area contributed by atoms with Gasteiger partial charge in [0.25, 0.3) is 5.91 Å². The average Bonchev–Trinajstić information content (AvgIpc) is 2.84. The summed E-state index contributed by atoms with van der Waals surface area (Å²) in [6, 6.07) is 20.0. The first-order valence-corrected chi connectivity index (χ1v) is 11.5. The summed E-state index contributed by atoms with van der Waals surface area (Å²) in [6.07, 6.45) is 6.71. The summed E-state index contributed by atoms with van der Waals surface area (Å²) < 4.78 is 0. The second-order valence-corrected chi connectivity index (χ2v) is 8.58.